The molecule has 212 valence electrons. The van der Waals surface area contributed by atoms with Crippen LogP contribution in [0.25, 0.3) is 21.6 Å². The number of fused-ring (bicyclic) bond motifs is 3. The van der Waals surface area contributed by atoms with Crippen molar-refractivity contribution in [3.8, 4) is 11.1 Å². The van der Waals surface area contributed by atoms with Crippen LogP contribution in [0.2, 0.25) is 0 Å². The van der Waals surface area contributed by atoms with Crippen molar-refractivity contribution < 1.29 is 19.1 Å². The van der Waals surface area contributed by atoms with Crippen LogP contribution in [-0.4, -0.2) is 41.8 Å². The SMILES string of the molecule is CC(C)[C@H](NC(=O)[C@@H](NC(=O)OCC1c2ccccc2-c2ccccc21)C(C)SCc1ccccc1)C(=O)N=[N+]=[N-]. The molecule has 0 aliphatic heterocycles. The lowest BCUT2D eigenvalue weighted by molar-refractivity contribution is -0.129. The number of nitrogens with one attached hydrogen (secondary N) is 2. The Morgan fingerprint density at radius 3 is 2.05 bits per heavy atom. The number of ether oxygens (including phenoxy) is 1. The molecule has 3 atom stereocenters. The molecular weight excluding hydrogens is 538 g/mol. The fourth-order valence-electron chi connectivity index (χ4n) is 4.92. The molecule has 4 rings (SSSR count). The van der Waals surface area contributed by atoms with E-state index in [0.717, 1.165) is 27.8 Å². The molecule has 0 bridgehead atoms. The lowest BCUT2D eigenvalue weighted by Gasteiger charge is -2.27. The molecule has 0 saturated heterocycles. The Bertz CT molecular complexity index is 1400. The lowest BCUT2D eigenvalue weighted by atomic mass is 9.98. The number of carbonyl (C=O) groups is 3. The fraction of sp³-hybridized carbons (Fsp3) is 0.323. The maximum Gasteiger partial charge on any atom is 0.407 e. The van der Waals surface area contributed by atoms with Gasteiger partial charge in [-0.25, -0.2) is 4.79 Å². The van der Waals surface area contributed by atoms with Crippen molar-refractivity contribution in [1.82, 2.24) is 10.6 Å². The van der Waals surface area contributed by atoms with E-state index in [-0.39, 0.29) is 23.7 Å². The number of nitrogens with zero attached hydrogens (tertiary/aromatic N) is 3. The number of thioether (sulfide) groups is 1. The number of carbonyl (C=O) groups excluding carboxylic acids is 3. The number of hydrogen-bond donors (Lipinski definition) is 2. The highest BCUT2D eigenvalue weighted by atomic mass is 32.2. The standard InChI is InChI=1S/C31H33N5O4S/c1-19(2)27(30(38)35-36-32)33-29(37)28(20(3)41-18-21-11-5-4-6-12-21)34-31(39)40-17-26-24-15-9-7-13-22(24)23-14-8-10-16-25(23)26/h4-16,19-20,26-28H,17-18H2,1-3H3,(H,33,37)(H,34,39)/t20?,27-,28-/m0/s1. The number of alkyl carbamates (subject to hydrolysis) is 1. The third-order valence-electron chi connectivity index (χ3n) is 7.10. The predicted molar refractivity (Wildman–Crippen MR) is 160 cm³/mol. The molecule has 0 aromatic heterocycles. The molecule has 0 fully saturated rings. The highest BCUT2D eigenvalue weighted by Gasteiger charge is 2.33. The maximum atomic E-state index is 13.5. The van der Waals surface area contributed by atoms with E-state index in [2.05, 4.69) is 32.8 Å². The summed E-state index contributed by atoms with van der Waals surface area (Å²) < 4.78 is 5.70. The Kier molecular flexibility index (Phi) is 10.1. The highest BCUT2D eigenvalue weighted by Crippen LogP contribution is 2.44. The molecule has 1 aliphatic carbocycles. The highest BCUT2D eigenvalue weighted by molar-refractivity contribution is 7.99. The van der Waals surface area contributed by atoms with Gasteiger partial charge in [-0.3, -0.25) is 9.59 Å². The van der Waals surface area contributed by atoms with Crippen LogP contribution in [0.5, 0.6) is 0 Å². The molecule has 0 saturated carbocycles. The van der Waals surface area contributed by atoms with Gasteiger partial charge in [0.2, 0.25) is 11.8 Å². The Morgan fingerprint density at radius 2 is 1.46 bits per heavy atom. The number of rotatable bonds is 11. The number of hydrogen-bond acceptors (Lipinski definition) is 5. The van der Waals surface area contributed by atoms with E-state index >= 15 is 0 Å². The molecule has 3 amide bonds. The average Bonchev–Trinajstić information content (AvgIpc) is 3.30. The minimum atomic E-state index is -1.03. The van der Waals surface area contributed by atoms with E-state index in [1.54, 1.807) is 13.8 Å². The van der Waals surface area contributed by atoms with Gasteiger partial charge in [0.1, 0.15) is 12.6 Å². The normalized spacial score (nSPS) is 14.1. The fourth-order valence-corrected chi connectivity index (χ4v) is 5.96. The summed E-state index contributed by atoms with van der Waals surface area (Å²) in [6.07, 6.45) is -0.735. The van der Waals surface area contributed by atoms with E-state index in [0.29, 0.717) is 5.75 Å². The van der Waals surface area contributed by atoms with Gasteiger partial charge in [-0.05, 0) is 44.4 Å². The van der Waals surface area contributed by atoms with Gasteiger partial charge in [-0.1, -0.05) is 99.6 Å². The smallest absolute Gasteiger partial charge is 0.407 e. The van der Waals surface area contributed by atoms with Gasteiger partial charge >= 0.3 is 6.09 Å². The molecule has 0 spiro atoms. The summed E-state index contributed by atoms with van der Waals surface area (Å²) in [4.78, 5) is 41.5. The van der Waals surface area contributed by atoms with Crippen LogP contribution in [0.15, 0.2) is 84.0 Å². The van der Waals surface area contributed by atoms with Gasteiger partial charge in [0.05, 0.1) is 6.04 Å². The van der Waals surface area contributed by atoms with E-state index in [9.17, 15) is 14.4 Å². The topological polar surface area (TPSA) is 133 Å². The largest absolute Gasteiger partial charge is 0.449 e. The average molecular weight is 572 g/mol. The van der Waals surface area contributed by atoms with Crippen LogP contribution in [0, 0.1) is 5.92 Å². The first-order chi connectivity index (χ1) is 19.8. The number of amides is 3. The summed E-state index contributed by atoms with van der Waals surface area (Å²) in [6.45, 7) is 5.40. The zero-order valence-corrected chi connectivity index (χ0v) is 24.0. The number of azide groups is 1. The molecule has 9 nitrogen and oxygen atoms in total. The lowest BCUT2D eigenvalue weighted by Crippen LogP contribution is -2.56. The van der Waals surface area contributed by atoms with Crippen molar-refractivity contribution in [3.05, 3.63) is 106 Å². The van der Waals surface area contributed by atoms with Gasteiger partial charge < -0.3 is 15.4 Å². The van der Waals surface area contributed by atoms with E-state index in [4.69, 9.17) is 10.3 Å². The molecule has 1 aliphatic rings. The maximum absolute atomic E-state index is 13.5. The molecule has 0 heterocycles. The Balaban J connectivity index is 1.48. The summed E-state index contributed by atoms with van der Waals surface area (Å²) in [5.41, 5.74) is 14.2. The first kappa shape index (κ1) is 29.7. The van der Waals surface area contributed by atoms with Crippen molar-refractivity contribution in [1.29, 1.82) is 0 Å². The van der Waals surface area contributed by atoms with Gasteiger partial charge in [0, 0.05) is 21.8 Å². The third kappa shape index (κ3) is 7.28. The zero-order valence-electron chi connectivity index (χ0n) is 23.2. The van der Waals surface area contributed by atoms with Gasteiger partial charge in [0.25, 0.3) is 0 Å². The van der Waals surface area contributed by atoms with Crippen LogP contribution in [0.1, 0.15) is 43.4 Å². The van der Waals surface area contributed by atoms with Crippen LogP contribution in [0.4, 0.5) is 4.79 Å². The third-order valence-corrected chi connectivity index (χ3v) is 8.40. The molecule has 2 N–H and O–H groups in total. The molecular formula is C31H33N5O4S. The molecule has 3 aromatic carbocycles. The second-order valence-corrected chi connectivity index (χ2v) is 11.6. The van der Waals surface area contributed by atoms with Crippen molar-refractivity contribution in [2.24, 2.45) is 11.0 Å². The monoisotopic (exact) mass is 571 g/mol. The Hall–Kier alpha value is -4.27. The quantitative estimate of drug-likeness (QED) is 0.161. The summed E-state index contributed by atoms with van der Waals surface area (Å²) in [5, 5.41) is 8.19. The Labute approximate surface area is 243 Å². The number of benzene rings is 3. The van der Waals surface area contributed by atoms with E-state index < -0.39 is 30.0 Å². The van der Waals surface area contributed by atoms with Crippen molar-refractivity contribution >= 4 is 29.7 Å². The second kappa shape index (κ2) is 13.9. The second-order valence-electron chi connectivity index (χ2n) is 10.2. The van der Waals surface area contributed by atoms with Crippen molar-refractivity contribution in [2.45, 2.75) is 49.8 Å². The summed E-state index contributed by atoms with van der Waals surface area (Å²) in [5.74, 6) is -1.20. The minimum absolute atomic E-state index is 0.101. The van der Waals surface area contributed by atoms with Gasteiger partial charge in [0.15, 0.2) is 0 Å². The first-order valence-electron chi connectivity index (χ1n) is 13.5. The molecule has 1 unspecified atom stereocenters. The molecule has 10 heteroatoms. The zero-order chi connectivity index (χ0) is 29.4. The van der Waals surface area contributed by atoms with Gasteiger partial charge in [-0.2, -0.15) is 11.8 Å². The predicted octanol–water partition coefficient (Wildman–Crippen LogP) is 6.19. The van der Waals surface area contributed by atoms with Crippen LogP contribution in [0.3, 0.4) is 0 Å². The first-order valence-corrected chi connectivity index (χ1v) is 14.5. The minimum Gasteiger partial charge on any atom is -0.449 e. The van der Waals surface area contributed by atoms with Gasteiger partial charge in [-0.15, -0.1) is 0 Å². The van der Waals surface area contributed by atoms with E-state index in [1.165, 1.54) is 11.8 Å². The Morgan fingerprint density at radius 1 is 0.878 bits per heavy atom. The van der Waals surface area contributed by atoms with Crippen LogP contribution < -0.4 is 10.6 Å². The van der Waals surface area contributed by atoms with Crippen LogP contribution in [-0.2, 0) is 20.1 Å². The van der Waals surface area contributed by atoms with Crippen molar-refractivity contribution in [3.63, 3.8) is 0 Å². The molecule has 41 heavy (non-hydrogen) atoms. The summed E-state index contributed by atoms with van der Waals surface area (Å²) in [6, 6.07) is 23.8. The van der Waals surface area contributed by atoms with Crippen LogP contribution >= 0.6 is 11.8 Å². The summed E-state index contributed by atoms with van der Waals surface area (Å²) in [7, 11) is 0. The van der Waals surface area contributed by atoms with Crippen molar-refractivity contribution in [2.75, 3.05) is 6.61 Å². The molecule has 0 radical (unpaired) electrons. The molecule has 3 aromatic rings. The van der Waals surface area contributed by atoms with E-state index in [1.807, 2.05) is 73.7 Å². The summed E-state index contributed by atoms with van der Waals surface area (Å²) >= 11 is 1.49.